The molecule has 0 amide bonds. The van der Waals surface area contributed by atoms with Crippen LogP contribution in [-0.4, -0.2) is 19.6 Å². The summed E-state index contributed by atoms with van der Waals surface area (Å²) >= 11 is 0. The van der Waals surface area contributed by atoms with Crippen molar-refractivity contribution in [3.05, 3.63) is 66.2 Å². The highest BCUT2D eigenvalue weighted by molar-refractivity contribution is 5.49. The molecule has 1 fully saturated rings. The summed E-state index contributed by atoms with van der Waals surface area (Å²) in [5.74, 6) is 0. The van der Waals surface area contributed by atoms with Gasteiger partial charge in [0.25, 0.3) is 0 Å². The highest BCUT2D eigenvalue weighted by atomic mass is 15.2. The van der Waals surface area contributed by atoms with Crippen molar-refractivity contribution >= 4 is 5.69 Å². The van der Waals surface area contributed by atoms with Gasteiger partial charge in [0.15, 0.2) is 0 Å². The number of para-hydroxylation sites is 1. The number of hydrogen-bond acceptors (Lipinski definition) is 2. The van der Waals surface area contributed by atoms with Gasteiger partial charge in [0.2, 0.25) is 0 Å². The largest absolute Gasteiger partial charge is 0.364 e. The fraction of sp³-hybridized carbons (Fsp3) is 0.333. The van der Waals surface area contributed by atoms with Crippen LogP contribution in [0.2, 0.25) is 0 Å². The molecule has 0 saturated carbocycles. The molecule has 1 saturated heterocycles. The average molecular weight is 266 g/mol. The molecule has 0 aliphatic carbocycles. The second kappa shape index (κ2) is 6.10. The lowest BCUT2D eigenvalue weighted by Gasteiger charge is -2.41. The molecule has 3 rings (SSSR count). The first-order valence-electron chi connectivity index (χ1n) is 7.42. The molecular formula is C18H22N2. The Bertz CT molecular complexity index is 524. The number of nitrogens with one attached hydrogen (secondary N) is 1. The lowest BCUT2D eigenvalue weighted by atomic mass is 9.91. The van der Waals surface area contributed by atoms with Crippen molar-refractivity contribution in [3.8, 4) is 0 Å². The van der Waals surface area contributed by atoms with Crippen LogP contribution in [-0.2, 0) is 0 Å². The van der Waals surface area contributed by atoms with Crippen molar-refractivity contribution in [1.82, 2.24) is 5.32 Å². The van der Waals surface area contributed by atoms with Gasteiger partial charge in [0.1, 0.15) is 0 Å². The molecule has 2 aromatic rings. The van der Waals surface area contributed by atoms with Crippen LogP contribution in [0.4, 0.5) is 5.69 Å². The number of anilines is 1. The van der Waals surface area contributed by atoms with E-state index < -0.39 is 0 Å². The quantitative estimate of drug-likeness (QED) is 0.913. The van der Waals surface area contributed by atoms with Crippen molar-refractivity contribution < 1.29 is 0 Å². The molecule has 0 aromatic heterocycles. The van der Waals surface area contributed by atoms with Crippen LogP contribution in [0.15, 0.2) is 60.7 Å². The molecule has 20 heavy (non-hydrogen) atoms. The Morgan fingerprint density at radius 2 is 1.60 bits per heavy atom. The SMILES string of the molecule is CNC1CCN(c2ccccc2)C(c2ccccc2)C1. The number of piperidine rings is 1. The van der Waals surface area contributed by atoms with E-state index >= 15 is 0 Å². The maximum absolute atomic E-state index is 3.45. The van der Waals surface area contributed by atoms with Gasteiger partial charge in [-0.15, -0.1) is 0 Å². The third-order valence-electron chi connectivity index (χ3n) is 4.28. The van der Waals surface area contributed by atoms with Gasteiger partial charge in [0, 0.05) is 18.3 Å². The summed E-state index contributed by atoms with van der Waals surface area (Å²) in [7, 11) is 2.07. The fourth-order valence-corrected chi connectivity index (χ4v) is 3.15. The van der Waals surface area contributed by atoms with E-state index in [9.17, 15) is 0 Å². The number of nitrogens with zero attached hydrogens (tertiary/aromatic N) is 1. The minimum Gasteiger partial charge on any atom is -0.364 e. The standard InChI is InChI=1S/C18H22N2/c1-19-16-12-13-20(17-10-6-3-7-11-17)18(14-16)15-8-4-2-5-9-15/h2-11,16,18-19H,12-14H2,1H3. The summed E-state index contributed by atoms with van der Waals surface area (Å²) in [6, 6.07) is 22.7. The van der Waals surface area contributed by atoms with Gasteiger partial charge in [0.05, 0.1) is 6.04 Å². The second-order valence-electron chi connectivity index (χ2n) is 5.47. The van der Waals surface area contributed by atoms with Gasteiger partial charge >= 0.3 is 0 Å². The first-order chi connectivity index (χ1) is 9.88. The fourth-order valence-electron chi connectivity index (χ4n) is 3.15. The van der Waals surface area contributed by atoms with Crippen molar-refractivity contribution in [2.24, 2.45) is 0 Å². The first-order valence-corrected chi connectivity index (χ1v) is 7.42. The first kappa shape index (κ1) is 13.2. The molecule has 2 nitrogen and oxygen atoms in total. The Kier molecular flexibility index (Phi) is 4.03. The van der Waals surface area contributed by atoms with Crippen LogP contribution < -0.4 is 10.2 Å². The highest BCUT2D eigenvalue weighted by Gasteiger charge is 2.28. The molecule has 0 spiro atoms. The molecule has 2 aromatic carbocycles. The van der Waals surface area contributed by atoms with Gasteiger partial charge < -0.3 is 10.2 Å². The minimum atomic E-state index is 0.463. The van der Waals surface area contributed by atoms with Crippen molar-refractivity contribution in [1.29, 1.82) is 0 Å². The van der Waals surface area contributed by atoms with Gasteiger partial charge in [-0.1, -0.05) is 48.5 Å². The third-order valence-corrected chi connectivity index (χ3v) is 4.28. The van der Waals surface area contributed by atoms with Crippen LogP contribution >= 0.6 is 0 Å². The maximum atomic E-state index is 3.45. The van der Waals surface area contributed by atoms with E-state index in [0.29, 0.717) is 12.1 Å². The van der Waals surface area contributed by atoms with Gasteiger partial charge in [-0.25, -0.2) is 0 Å². The predicted molar refractivity (Wildman–Crippen MR) is 85.1 cm³/mol. The van der Waals surface area contributed by atoms with E-state index in [1.54, 1.807) is 0 Å². The molecule has 1 aliphatic heterocycles. The Morgan fingerprint density at radius 1 is 0.950 bits per heavy atom. The Balaban J connectivity index is 1.91. The minimum absolute atomic E-state index is 0.463. The van der Waals surface area contributed by atoms with E-state index in [2.05, 4.69) is 77.9 Å². The molecule has 2 atom stereocenters. The maximum Gasteiger partial charge on any atom is 0.0557 e. The number of benzene rings is 2. The zero-order valence-corrected chi connectivity index (χ0v) is 12.0. The van der Waals surface area contributed by atoms with E-state index in [0.717, 1.165) is 13.0 Å². The second-order valence-corrected chi connectivity index (χ2v) is 5.47. The molecule has 2 unspecified atom stereocenters. The summed E-state index contributed by atoms with van der Waals surface area (Å²) in [6.07, 6.45) is 2.37. The smallest absolute Gasteiger partial charge is 0.0557 e. The van der Waals surface area contributed by atoms with Crippen LogP contribution in [0, 0.1) is 0 Å². The summed E-state index contributed by atoms with van der Waals surface area (Å²) in [4.78, 5) is 2.54. The lowest BCUT2D eigenvalue weighted by Crippen LogP contribution is -2.43. The predicted octanol–water partition coefficient (Wildman–Crippen LogP) is 3.62. The molecule has 1 aliphatic rings. The van der Waals surface area contributed by atoms with Crippen LogP contribution in [0.1, 0.15) is 24.4 Å². The average Bonchev–Trinajstić information content (AvgIpc) is 2.56. The molecule has 104 valence electrons. The molecule has 1 heterocycles. The Hall–Kier alpha value is -1.80. The van der Waals surface area contributed by atoms with Gasteiger partial charge in [-0.3, -0.25) is 0 Å². The van der Waals surface area contributed by atoms with Crippen molar-refractivity contribution in [2.45, 2.75) is 24.9 Å². The summed E-state index contributed by atoms with van der Waals surface area (Å²) < 4.78 is 0. The van der Waals surface area contributed by atoms with Crippen LogP contribution in [0.3, 0.4) is 0 Å². The van der Waals surface area contributed by atoms with Gasteiger partial charge in [-0.2, -0.15) is 0 Å². The van der Waals surface area contributed by atoms with E-state index in [1.807, 2.05) is 0 Å². The molecule has 0 bridgehead atoms. The zero-order valence-electron chi connectivity index (χ0n) is 12.0. The summed E-state index contributed by atoms with van der Waals surface area (Å²) in [6.45, 7) is 1.11. The monoisotopic (exact) mass is 266 g/mol. The van der Waals surface area contributed by atoms with Gasteiger partial charge in [-0.05, 0) is 37.6 Å². The van der Waals surface area contributed by atoms with Crippen LogP contribution in [0.5, 0.6) is 0 Å². The Morgan fingerprint density at radius 3 is 2.25 bits per heavy atom. The van der Waals surface area contributed by atoms with E-state index in [1.165, 1.54) is 17.7 Å². The lowest BCUT2D eigenvalue weighted by molar-refractivity contribution is 0.378. The number of hydrogen-bond donors (Lipinski definition) is 1. The summed E-state index contributed by atoms with van der Waals surface area (Å²) in [5, 5.41) is 3.45. The topological polar surface area (TPSA) is 15.3 Å². The highest BCUT2D eigenvalue weighted by Crippen LogP contribution is 2.34. The zero-order chi connectivity index (χ0) is 13.8. The third kappa shape index (κ3) is 2.70. The molecular weight excluding hydrogens is 244 g/mol. The molecule has 1 N–H and O–H groups in total. The van der Waals surface area contributed by atoms with Crippen molar-refractivity contribution in [3.63, 3.8) is 0 Å². The normalized spacial score (nSPS) is 22.8. The number of rotatable bonds is 3. The van der Waals surface area contributed by atoms with Crippen molar-refractivity contribution in [2.75, 3.05) is 18.5 Å². The summed E-state index contributed by atoms with van der Waals surface area (Å²) in [5.41, 5.74) is 2.74. The van der Waals surface area contributed by atoms with Crippen LogP contribution in [0.25, 0.3) is 0 Å². The Labute approximate surface area is 121 Å². The molecule has 2 heteroatoms. The molecule has 0 radical (unpaired) electrons. The van der Waals surface area contributed by atoms with E-state index in [4.69, 9.17) is 0 Å². The van der Waals surface area contributed by atoms with E-state index in [-0.39, 0.29) is 0 Å².